The molecule has 0 radical (unpaired) electrons. The van der Waals surface area contributed by atoms with Crippen LogP contribution in [-0.2, 0) is 16.4 Å². The van der Waals surface area contributed by atoms with E-state index in [0.717, 1.165) is 23.8 Å². The molecule has 0 fully saturated rings. The van der Waals surface area contributed by atoms with Gasteiger partial charge < -0.3 is 10.1 Å². The molecule has 2 aromatic rings. The topological polar surface area (TPSA) is 38.3 Å². The number of carbonyl (C=O) groups is 1. The van der Waals surface area contributed by atoms with E-state index in [2.05, 4.69) is 26.1 Å². The van der Waals surface area contributed by atoms with Crippen molar-refractivity contribution in [3.05, 3.63) is 58.6 Å². The third kappa shape index (κ3) is 5.41. The van der Waals surface area contributed by atoms with Gasteiger partial charge in [-0.05, 0) is 55.2 Å². The number of hydrogen-bond donors (Lipinski definition) is 1. The predicted octanol–water partition coefficient (Wildman–Crippen LogP) is 6.45. The van der Waals surface area contributed by atoms with Crippen molar-refractivity contribution in [1.29, 1.82) is 0 Å². The van der Waals surface area contributed by atoms with Crippen LogP contribution in [-0.4, -0.2) is 11.5 Å². The number of anilines is 1. The summed E-state index contributed by atoms with van der Waals surface area (Å²) in [5, 5.41) is 2.32. The summed E-state index contributed by atoms with van der Waals surface area (Å²) in [6, 6.07) is 10.2. The zero-order valence-electron chi connectivity index (χ0n) is 16.4. The van der Waals surface area contributed by atoms with Gasteiger partial charge in [0, 0.05) is 0 Å². The highest BCUT2D eigenvalue weighted by Crippen LogP contribution is 2.34. The molecule has 0 saturated carbocycles. The molecule has 2 rings (SSSR count). The fraction of sp³-hybridized carbons (Fsp3) is 0.381. The van der Waals surface area contributed by atoms with Gasteiger partial charge in [-0.3, -0.25) is 4.79 Å². The Morgan fingerprint density at radius 1 is 0.929 bits per heavy atom. The lowest BCUT2D eigenvalue weighted by molar-refractivity contribution is -0.137. The fourth-order valence-electron chi connectivity index (χ4n) is 2.43. The predicted molar refractivity (Wildman–Crippen MR) is 105 cm³/mol. The standard InChI is InChI=1S/C21H23ClF3NO2/c1-19(2,3)13-6-9-15(10-7-13)28-20(4,5)18(27)26-17-11-8-14(12-16(17)22)21(23,24)25/h6-12H,1-5H3,(H,26,27). The van der Waals surface area contributed by atoms with E-state index in [1.807, 2.05) is 12.1 Å². The summed E-state index contributed by atoms with van der Waals surface area (Å²) in [6.45, 7) is 9.41. The van der Waals surface area contributed by atoms with Crippen LogP contribution in [0.4, 0.5) is 18.9 Å². The number of ether oxygens (including phenoxy) is 1. The minimum atomic E-state index is -4.51. The summed E-state index contributed by atoms with van der Waals surface area (Å²) >= 11 is 5.89. The van der Waals surface area contributed by atoms with E-state index in [0.29, 0.717) is 5.75 Å². The summed E-state index contributed by atoms with van der Waals surface area (Å²) in [7, 11) is 0. The largest absolute Gasteiger partial charge is 0.478 e. The molecule has 3 nitrogen and oxygen atoms in total. The summed E-state index contributed by atoms with van der Waals surface area (Å²) in [6.07, 6.45) is -4.51. The molecule has 0 aliphatic carbocycles. The minimum absolute atomic E-state index is 0.00918. The van der Waals surface area contributed by atoms with E-state index in [9.17, 15) is 18.0 Å². The van der Waals surface area contributed by atoms with Crippen molar-refractivity contribution in [2.24, 2.45) is 0 Å². The van der Waals surface area contributed by atoms with E-state index in [1.165, 1.54) is 0 Å². The Bertz CT molecular complexity index is 853. The molecule has 1 N–H and O–H groups in total. The molecule has 152 valence electrons. The van der Waals surface area contributed by atoms with Crippen molar-refractivity contribution in [2.45, 2.75) is 51.8 Å². The number of nitrogens with one attached hydrogen (secondary N) is 1. The van der Waals surface area contributed by atoms with Crippen LogP contribution >= 0.6 is 11.6 Å². The van der Waals surface area contributed by atoms with E-state index >= 15 is 0 Å². The van der Waals surface area contributed by atoms with Crippen LogP contribution in [0.15, 0.2) is 42.5 Å². The first-order valence-corrected chi connectivity index (χ1v) is 9.06. The third-order valence-corrected chi connectivity index (χ3v) is 4.50. The number of hydrogen-bond acceptors (Lipinski definition) is 2. The smallest absolute Gasteiger partial charge is 0.416 e. The van der Waals surface area contributed by atoms with Crippen LogP contribution in [0.1, 0.15) is 45.7 Å². The second-order valence-corrected chi connectivity index (χ2v) is 8.44. The van der Waals surface area contributed by atoms with Crippen molar-refractivity contribution in [1.82, 2.24) is 0 Å². The van der Waals surface area contributed by atoms with Crippen molar-refractivity contribution in [3.63, 3.8) is 0 Å². The van der Waals surface area contributed by atoms with Gasteiger partial charge in [-0.15, -0.1) is 0 Å². The SMILES string of the molecule is CC(C)(Oc1ccc(C(C)(C)C)cc1)C(=O)Nc1ccc(C(F)(F)F)cc1Cl. The van der Waals surface area contributed by atoms with Crippen molar-refractivity contribution in [3.8, 4) is 5.75 Å². The van der Waals surface area contributed by atoms with Crippen LogP contribution in [0, 0.1) is 0 Å². The van der Waals surface area contributed by atoms with E-state index < -0.39 is 23.2 Å². The molecule has 0 aliphatic heterocycles. The first-order chi connectivity index (χ1) is 12.7. The quantitative estimate of drug-likeness (QED) is 0.625. The van der Waals surface area contributed by atoms with Gasteiger partial charge >= 0.3 is 6.18 Å². The molecule has 0 saturated heterocycles. The number of carbonyl (C=O) groups excluding carboxylic acids is 1. The average Bonchev–Trinajstić information content (AvgIpc) is 2.55. The Morgan fingerprint density at radius 2 is 1.46 bits per heavy atom. The molecule has 0 unspecified atom stereocenters. The summed E-state index contributed by atoms with van der Waals surface area (Å²) in [5.41, 5.74) is -0.956. The maximum atomic E-state index is 12.7. The Labute approximate surface area is 167 Å². The van der Waals surface area contributed by atoms with Crippen LogP contribution in [0.25, 0.3) is 0 Å². The lowest BCUT2D eigenvalue weighted by atomic mass is 9.87. The van der Waals surface area contributed by atoms with Gasteiger partial charge in [0.2, 0.25) is 0 Å². The molecule has 0 heterocycles. The van der Waals surface area contributed by atoms with Crippen molar-refractivity contribution >= 4 is 23.2 Å². The minimum Gasteiger partial charge on any atom is -0.478 e. The van der Waals surface area contributed by atoms with Gasteiger partial charge in [0.1, 0.15) is 5.75 Å². The third-order valence-electron chi connectivity index (χ3n) is 4.18. The van der Waals surface area contributed by atoms with Crippen LogP contribution in [0.2, 0.25) is 5.02 Å². The molecule has 7 heteroatoms. The highest BCUT2D eigenvalue weighted by Gasteiger charge is 2.33. The molecule has 0 spiro atoms. The summed E-state index contributed by atoms with van der Waals surface area (Å²) in [5.74, 6) is -0.0271. The monoisotopic (exact) mass is 413 g/mol. The molecule has 2 aromatic carbocycles. The van der Waals surface area contributed by atoms with E-state index in [4.69, 9.17) is 16.3 Å². The lowest BCUT2D eigenvalue weighted by Gasteiger charge is -2.26. The highest BCUT2D eigenvalue weighted by atomic mass is 35.5. The normalized spacial score (nSPS) is 12.6. The van der Waals surface area contributed by atoms with Gasteiger partial charge in [-0.1, -0.05) is 44.5 Å². The van der Waals surface area contributed by atoms with Crippen LogP contribution < -0.4 is 10.1 Å². The maximum absolute atomic E-state index is 12.7. The molecule has 1 amide bonds. The second kappa shape index (κ2) is 7.66. The Morgan fingerprint density at radius 3 is 1.93 bits per heavy atom. The second-order valence-electron chi connectivity index (χ2n) is 8.03. The van der Waals surface area contributed by atoms with Crippen molar-refractivity contribution in [2.75, 3.05) is 5.32 Å². The summed E-state index contributed by atoms with van der Waals surface area (Å²) < 4.78 is 44.0. The number of alkyl halides is 3. The van der Waals surface area contributed by atoms with Gasteiger partial charge in [-0.25, -0.2) is 0 Å². The van der Waals surface area contributed by atoms with Crippen molar-refractivity contribution < 1.29 is 22.7 Å². The fourth-order valence-corrected chi connectivity index (χ4v) is 2.66. The zero-order chi connectivity index (χ0) is 21.3. The number of halogens is 4. The molecule has 0 atom stereocenters. The Balaban J connectivity index is 2.12. The first kappa shape index (κ1) is 22.1. The highest BCUT2D eigenvalue weighted by molar-refractivity contribution is 6.33. The lowest BCUT2D eigenvalue weighted by Crippen LogP contribution is -2.42. The molecular formula is C21H23ClF3NO2. The first-order valence-electron chi connectivity index (χ1n) is 8.68. The van der Waals surface area contributed by atoms with Gasteiger partial charge in [0.15, 0.2) is 5.60 Å². The molecule has 0 aliphatic rings. The number of benzene rings is 2. The van der Waals surface area contributed by atoms with E-state index in [1.54, 1.807) is 26.0 Å². The van der Waals surface area contributed by atoms with Gasteiger partial charge in [0.25, 0.3) is 5.91 Å². The van der Waals surface area contributed by atoms with Gasteiger partial charge in [0.05, 0.1) is 16.3 Å². The Hall–Kier alpha value is -2.21. The van der Waals surface area contributed by atoms with Crippen LogP contribution in [0.3, 0.4) is 0 Å². The average molecular weight is 414 g/mol. The number of amides is 1. The molecule has 0 bridgehead atoms. The maximum Gasteiger partial charge on any atom is 0.416 e. The molecular weight excluding hydrogens is 391 g/mol. The van der Waals surface area contributed by atoms with E-state index in [-0.39, 0.29) is 16.1 Å². The molecule has 28 heavy (non-hydrogen) atoms. The number of rotatable bonds is 4. The Kier molecular flexibility index (Phi) is 6.04. The van der Waals surface area contributed by atoms with Crippen LogP contribution in [0.5, 0.6) is 5.75 Å². The van der Waals surface area contributed by atoms with Gasteiger partial charge in [-0.2, -0.15) is 13.2 Å². The zero-order valence-corrected chi connectivity index (χ0v) is 17.1. The summed E-state index contributed by atoms with van der Waals surface area (Å²) in [4.78, 5) is 12.6. The molecule has 0 aromatic heterocycles.